The molecule has 1 aliphatic heterocycles. The van der Waals surface area contributed by atoms with Crippen molar-refractivity contribution in [3.8, 4) is 11.9 Å². The number of rotatable bonds is 2. The van der Waals surface area contributed by atoms with Crippen molar-refractivity contribution in [1.82, 2.24) is 4.98 Å². The molecule has 0 saturated heterocycles. The maximum Gasteiger partial charge on any atom is 0.235 e. The fraction of sp³-hybridized carbons (Fsp3) is 0.316. The summed E-state index contributed by atoms with van der Waals surface area (Å²) in [6, 6.07) is 9.10. The highest BCUT2D eigenvalue weighted by atomic mass is 35.5. The fourth-order valence-corrected chi connectivity index (χ4v) is 4.25. The number of halogens is 2. The van der Waals surface area contributed by atoms with Crippen LogP contribution in [0.25, 0.3) is 0 Å². The third-order valence-corrected chi connectivity index (χ3v) is 5.66. The number of amides is 1. The van der Waals surface area contributed by atoms with E-state index < -0.39 is 5.41 Å². The molecular weight excluding hydrogens is 373 g/mol. The Balaban J connectivity index is 1.53. The normalized spacial score (nSPS) is 24.0. The van der Waals surface area contributed by atoms with Gasteiger partial charge >= 0.3 is 0 Å². The lowest BCUT2D eigenvalue weighted by Crippen LogP contribution is -2.41. The Bertz CT molecular complexity index is 931. The average Bonchev–Trinajstić information content (AvgIpc) is 2.90. The maximum absolute atomic E-state index is 12.7. The molecule has 26 heavy (non-hydrogen) atoms. The summed E-state index contributed by atoms with van der Waals surface area (Å²) in [6.07, 6.45) is 4.13. The number of nitriles is 1. The molecule has 0 radical (unpaired) electrons. The first-order chi connectivity index (χ1) is 12.5. The number of pyridine rings is 1. The Morgan fingerprint density at radius 1 is 1.27 bits per heavy atom. The van der Waals surface area contributed by atoms with Crippen LogP contribution in [0.3, 0.4) is 0 Å². The number of ether oxygens (including phenoxy) is 1. The van der Waals surface area contributed by atoms with Crippen LogP contribution in [0.5, 0.6) is 5.88 Å². The molecule has 1 fully saturated rings. The van der Waals surface area contributed by atoms with Crippen molar-refractivity contribution in [2.24, 2.45) is 0 Å². The molecule has 1 aromatic carbocycles. The molecule has 7 heteroatoms. The molecule has 132 valence electrons. The molecule has 1 aromatic heterocycles. The Morgan fingerprint density at radius 2 is 2.04 bits per heavy atom. The Hall–Kier alpha value is -2.29. The molecule has 1 amide bonds. The Labute approximate surface area is 160 Å². The van der Waals surface area contributed by atoms with E-state index in [0.717, 1.165) is 11.3 Å². The van der Waals surface area contributed by atoms with Crippen molar-refractivity contribution in [2.75, 3.05) is 5.32 Å². The van der Waals surface area contributed by atoms with Crippen LogP contribution in [0.1, 0.15) is 36.8 Å². The lowest BCUT2D eigenvalue weighted by atomic mass is 9.69. The second kappa shape index (κ2) is 6.46. The van der Waals surface area contributed by atoms with E-state index in [1.165, 1.54) is 6.20 Å². The molecule has 5 nitrogen and oxygen atoms in total. The minimum absolute atomic E-state index is 0.00342. The van der Waals surface area contributed by atoms with Gasteiger partial charge in [-0.1, -0.05) is 23.2 Å². The molecule has 2 aromatic rings. The van der Waals surface area contributed by atoms with E-state index in [1.54, 1.807) is 18.2 Å². The van der Waals surface area contributed by atoms with Gasteiger partial charge < -0.3 is 10.1 Å². The number of anilines is 1. The van der Waals surface area contributed by atoms with Gasteiger partial charge in [0.15, 0.2) is 0 Å². The highest BCUT2D eigenvalue weighted by Gasteiger charge is 2.49. The third-order valence-electron chi connectivity index (χ3n) is 5.19. The number of nitrogens with zero attached hydrogens (tertiary/aromatic N) is 2. The first-order valence-electron chi connectivity index (χ1n) is 8.35. The van der Waals surface area contributed by atoms with Crippen LogP contribution in [0.15, 0.2) is 30.5 Å². The van der Waals surface area contributed by atoms with E-state index in [0.29, 0.717) is 47.2 Å². The van der Waals surface area contributed by atoms with Crippen LogP contribution in [-0.2, 0) is 10.2 Å². The van der Waals surface area contributed by atoms with E-state index in [4.69, 9.17) is 33.2 Å². The highest BCUT2D eigenvalue weighted by molar-refractivity contribution is 6.35. The van der Waals surface area contributed by atoms with Crippen molar-refractivity contribution >= 4 is 34.8 Å². The van der Waals surface area contributed by atoms with Crippen LogP contribution >= 0.6 is 23.2 Å². The predicted molar refractivity (Wildman–Crippen MR) is 98.6 cm³/mol. The van der Waals surface area contributed by atoms with Gasteiger partial charge in [0.05, 0.1) is 22.1 Å². The van der Waals surface area contributed by atoms with Crippen LogP contribution in [-0.4, -0.2) is 17.0 Å². The highest BCUT2D eigenvalue weighted by Crippen LogP contribution is 2.48. The number of carbonyl (C=O) groups excluding carboxylic acids is 1. The zero-order chi connectivity index (χ0) is 18.3. The van der Waals surface area contributed by atoms with Gasteiger partial charge in [-0.2, -0.15) is 5.26 Å². The molecule has 4 rings (SSSR count). The first-order valence-corrected chi connectivity index (χ1v) is 9.11. The van der Waals surface area contributed by atoms with Gasteiger partial charge in [0.2, 0.25) is 11.8 Å². The lowest BCUT2D eigenvalue weighted by molar-refractivity contribution is -0.122. The summed E-state index contributed by atoms with van der Waals surface area (Å²) >= 11 is 12.0. The molecule has 2 heterocycles. The molecule has 0 unspecified atom stereocenters. The van der Waals surface area contributed by atoms with E-state index in [9.17, 15) is 4.79 Å². The number of carbonyl (C=O) groups is 1. The van der Waals surface area contributed by atoms with Crippen LogP contribution in [0.2, 0.25) is 10.0 Å². The number of benzene rings is 1. The predicted octanol–water partition coefficient (Wildman–Crippen LogP) is 4.47. The van der Waals surface area contributed by atoms with E-state index in [2.05, 4.69) is 16.4 Å². The van der Waals surface area contributed by atoms with Crippen molar-refractivity contribution in [1.29, 1.82) is 5.26 Å². The van der Waals surface area contributed by atoms with E-state index in [-0.39, 0.29) is 12.0 Å². The van der Waals surface area contributed by atoms with Crippen molar-refractivity contribution in [3.63, 3.8) is 0 Å². The van der Waals surface area contributed by atoms with Gasteiger partial charge in [0.25, 0.3) is 0 Å². The monoisotopic (exact) mass is 387 g/mol. The standard InChI is InChI=1S/C19H15Cl2N3O2/c20-12-8-15(21)17(23-10-12)26-13-3-5-19(6-4-13)14-7-11(9-22)1-2-16(14)24-18(19)25/h1-2,7-8,10,13H,3-6H2,(H,24,25). The molecule has 1 saturated carbocycles. The summed E-state index contributed by atoms with van der Waals surface area (Å²) in [5, 5.41) is 13.0. The third kappa shape index (κ3) is 2.80. The topological polar surface area (TPSA) is 75.0 Å². The first kappa shape index (κ1) is 17.1. The van der Waals surface area contributed by atoms with E-state index >= 15 is 0 Å². The molecule has 0 atom stereocenters. The van der Waals surface area contributed by atoms with Gasteiger partial charge in [0, 0.05) is 11.9 Å². The minimum atomic E-state index is -0.584. The zero-order valence-corrected chi connectivity index (χ0v) is 15.3. The molecule has 2 aliphatic rings. The van der Waals surface area contributed by atoms with Gasteiger partial charge in [-0.15, -0.1) is 0 Å². The van der Waals surface area contributed by atoms with Gasteiger partial charge in [-0.3, -0.25) is 4.79 Å². The summed E-state index contributed by atoms with van der Waals surface area (Å²) < 4.78 is 5.93. The van der Waals surface area contributed by atoms with Crippen LogP contribution < -0.4 is 10.1 Å². The number of hydrogen-bond acceptors (Lipinski definition) is 4. The van der Waals surface area contributed by atoms with Crippen molar-refractivity contribution < 1.29 is 9.53 Å². The Morgan fingerprint density at radius 3 is 2.73 bits per heavy atom. The summed E-state index contributed by atoms with van der Waals surface area (Å²) in [4.78, 5) is 16.8. The minimum Gasteiger partial charge on any atom is -0.473 e. The molecule has 0 bridgehead atoms. The maximum atomic E-state index is 12.7. The summed E-state index contributed by atoms with van der Waals surface area (Å²) in [5.74, 6) is 0.365. The lowest BCUT2D eigenvalue weighted by Gasteiger charge is -2.35. The summed E-state index contributed by atoms with van der Waals surface area (Å²) in [7, 11) is 0. The molecule has 1 N–H and O–H groups in total. The Kier molecular flexibility index (Phi) is 4.26. The smallest absolute Gasteiger partial charge is 0.235 e. The number of nitrogens with one attached hydrogen (secondary N) is 1. The quantitative estimate of drug-likeness (QED) is 0.824. The van der Waals surface area contributed by atoms with Crippen molar-refractivity contribution in [3.05, 3.63) is 51.6 Å². The fourth-order valence-electron chi connectivity index (χ4n) is 3.83. The zero-order valence-electron chi connectivity index (χ0n) is 13.8. The van der Waals surface area contributed by atoms with Crippen LogP contribution in [0, 0.1) is 11.3 Å². The summed E-state index contributed by atoms with van der Waals surface area (Å²) in [6.45, 7) is 0. The van der Waals surface area contributed by atoms with Gasteiger partial charge in [-0.05, 0) is 55.5 Å². The molecule has 1 spiro atoms. The molecular formula is C19H15Cl2N3O2. The number of fused-ring (bicyclic) bond motifs is 2. The van der Waals surface area contributed by atoms with E-state index in [1.807, 2.05) is 6.07 Å². The van der Waals surface area contributed by atoms with Gasteiger partial charge in [-0.25, -0.2) is 4.98 Å². The van der Waals surface area contributed by atoms with Crippen LogP contribution in [0.4, 0.5) is 5.69 Å². The molecule has 1 aliphatic carbocycles. The largest absolute Gasteiger partial charge is 0.473 e. The number of hydrogen-bond donors (Lipinski definition) is 1. The summed E-state index contributed by atoms with van der Waals surface area (Å²) in [5.41, 5.74) is 1.70. The van der Waals surface area contributed by atoms with Crippen molar-refractivity contribution in [2.45, 2.75) is 37.2 Å². The SMILES string of the molecule is N#Cc1ccc2c(c1)C1(CCC(Oc3ncc(Cl)cc3Cl)CC1)C(=O)N2. The average molecular weight is 388 g/mol. The van der Waals surface area contributed by atoms with Gasteiger partial charge in [0.1, 0.15) is 11.1 Å². The second-order valence-electron chi connectivity index (χ2n) is 6.67. The number of aromatic nitrogens is 1. The second-order valence-corrected chi connectivity index (χ2v) is 7.51.